The summed E-state index contributed by atoms with van der Waals surface area (Å²) in [4.78, 5) is 24.5. The van der Waals surface area contributed by atoms with Gasteiger partial charge in [-0.25, -0.2) is 0 Å². The van der Waals surface area contributed by atoms with E-state index in [1.807, 2.05) is 56.3 Å². The molecule has 2 unspecified atom stereocenters. The van der Waals surface area contributed by atoms with E-state index in [9.17, 15) is 9.59 Å². The molecule has 124 valence electrons. The zero-order chi connectivity index (χ0) is 17.3. The van der Waals surface area contributed by atoms with Gasteiger partial charge in [-0.1, -0.05) is 28.1 Å². The fourth-order valence-corrected chi connectivity index (χ4v) is 3.03. The number of aryl methyl sites for hydroxylation is 2. The van der Waals surface area contributed by atoms with Crippen LogP contribution in [-0.2, 0) is 9.59 Å². The van der Waals surface area contributed by atoms with Crippen molar-refractivity contribution in [1.29, 1.82) is 0 Å². The molecule has 0 saturated heterocycles. The number of hydrogen-bond donors (Lipinski definition) is 2. The van der Waals surface area contributed by atoms with E-state index < -0.39 is 0 Å². The van der Waals surface area contributed by atoms with Crippen LogP contribution in [0.25, 0.3) is 0 Å². The van der Waals surface area contributed by atoms with Gasteiger partial charge < -0.3 is 10.6 Å². The van der Waals surface area contributed by atoms with Crippen LogP contribution in [0.2, 0.25) is 0 Å². The number of carbonyl (C=O) groups excluding carboxylic acids is 2. The van der Waals surface area contributed by atoms with E-state index in [0.717, 1.165) is 21.4 Å². The molecule has 24 heavy (non-hydrogen) atoms. The standard InChI is InChI=1S/C19H19BrN2O2/c1-11-6-7-15(8-12(11)2)22-19(24)17-10-16(17)18(23)21-14-5-3-4-13(20)9-14/h3-9,16-17H,10H2,1-2H3,(H,21,23)(H,22,24). The van der Waals surface area contributed by atoms with Crippen molar-refractivity contribution in [1.82, 2.24) is 0 Å². The van der Waals surface area contributed by atoms with E-state index in [-0.39, 0.29) is 23.7 Å². The second-order valence-corrected chi connectivity index (χ2v) is 7.15. The van der Waals surface area contributed by atoms with Gasteiger partial charge in [0.2, 0.25) is 11.8 Å². The van der Waals surface area contributed by atoms with Crippen molar-refractivity contribution in [2.75, 3.05) is 10.6 Å². The van der Waals surface area contributed by atoms with Gasteiger partial charge in [0.05, 0.1) is 11.8 Å². The summed E-state index contributed by atoms with van der Waals surface area (Å²) in [5.74, 6) is -0.699. The first-order chi connectivity index (χ1) is 11.4. The number of hydrogen-bond acceptors (Lipinski definition) is 2. The van der Waals surface area contributed by atoms with Crippen molar-refractivity contribution in [3.8, 4) is 0 Å². The molecule has 2 atom stereocenters. The molecule has 1 saturated carbocycles. The molecule has 3 rings (SSSR count). The van der Waals surface area contributed by atoms with Gasteiger partial charge in [-0.15, -0.1) is 0 Å². The van der Waals surface area contributed by atoms with Crippen molar-refractivity contribution < 1.29 is 9.59 Å². The van der Waals surface area contributed by atoms with Gasteiger partial charge in [-0.3, -0.25) is 9.59 Å². The predicted octanol–water partition coefficient (Wildman–Crippen LogP) is 4.28. The summed E-state index contributed by atoms with van der Waals surface area (Å²) in [5, 5.41) is 5.76. The highest BCUT2D eigenvalue weighted by Gasteiger charge is 2.48. The lowest BCUT2D eigenvalue weighted by atomic mass is 10.1. The maximum atomic E-state index is 12.3. The molecule has 2 aromatic rings. The number of anilines is 2. The van der Waals surface area contributed by atoms with Crippen LogP contribution in [0.3, 0.4) is 0 Å². The summed E-state index contributed by atoms with van der Waals surface area (Å²) in [7, 11) is 0. The third kappa shape index (κ3) is 3.85. The summed E-state index contributed by atoms with van der Waals surface area (Å²) in [6.45, 7) is 4.04. The molecule has 1 fully saturated rings. The molecular formula is C19H19BrN2O2. The van der Waals surface area contributed by atoms with E-state index in [4.69, 9.17) is 0 Å². The second kappa shape index (κ2) is 6.77. The monoisotopic (exact) mass is 386 g/mol. The summed E-state index contributed by atoms with van der Waals surface area (Å²) in [6.07, 6.45) is 0.594. The van der Waals surface area contributed by atoms with Crippen LogP contribution >= 0.6 is 15.9 Å². The van der Waals surface area contributed by atoms with Crippen molar-refractivity contribution in [2.24, 2.45) is 11.8 Å². The Kier molecular flexibility index (Phi) is 4.71. The van der Waals surface area contributed by atoms with Crippen LogP contribution in [0.1, 0.15) is 17.5 Å². The van der Waals surface area contributed by atoms with E-state index in [0.29, 0.717) is 6.42 Å². The number of carbonyl (C=O) groups is 2. The summed E-state index contributed by atoms with van der Waals surface area (Å²) in [5.41, 5.74) is 3.83. The lowest BCUT2D eigenvalue weighted by Crippen LogP contribution is -2.20. The van der Waals surface area contributed by atoms with E-state index in [2.05, 4.69) is 26.6 Å². The summed E-state index contributed by atoms with van der Waals surface area (Å²) < 4.78 is 0.903. The third-order valence-electron chi connectivity index (χ3n) is 4.33. The fraction of sp³-hybridized carbons (Fsp3) is 0.263. The fourth-order valence-electron chi connectivity index (χ4n) is 2.63. The average Bonchev–Trinajstić information content (AvgIpc) is 3.32. The van der Waals surface area contributed by atoms with Crippen LogP contribution in [0.5, 0.6) is 0 Å². The highest BCUT2D eigenvalue weighted by atomic mass is 79.9. The van der Waals surface area contributed by atoms with Gasteiger partial charge >= 0.3 is 0 Å². The molecule has 2 aromatic carbocycles. The second-order valence-electron chi connectivity index (χ2n) is 6.24. The molecule has 2 N–H and O–H groups in total. The highest BCUT2D eigenvalue weighted by molar-refractivity contribution is 9.10. The minimum absolute atomic E-state index is 0.0901. The molecule has 1 aliphatic carbocycles. The molecule has 0 radical (unpaired) electrons. The maximum absolute atomic E-state index is 12.3. The lowest BCUT2D eigenvalue weighted by Gasteiger charge is -2.08. The molecular weight excluding hydrogens is 368 g/mol. The normalized spacial score (nSPS) is 18.8. The Labute approximate surface area is 149 Å². The van der Waals surface area contributed by atoms with Crippen LogP contribution in [0.4, 0.5) is 11.4 Å². The Morgan fingerprint density at radius 1 is 0.917 bits per heavy atom. The summed E-state index contributed by atoms with van der Waals surface area (Å²) in [6, 6.07) is 13.2. The van der Waals surface area contributed by atoms with Gasteiger partial charge in [0.1, 0.15) is 0 Å². The molecule has 2 amide bonds. The van der Waals surface area contributed by atoms with Crippen molar-refractivity contribution in [3.63, 3.8) is 0 Å². The Balaban J connectivity index is 1.57. The molecule has 0 bridgehead atoms. The smallest absolute Gasteiger partial charge is 0.228 e. The van der Waals surface area contributed by atoms with Crippen LogP contribution in [-0.4, -0.2) is 11.8 Å². The Bertz CT molecular complexity index is 804. The molecule has 5 heteroatoms. The number of rotatable bonds is 4. The zero-order valence-electron chi connectivity index (χ0n) is 13.6. The zero-order valence-corrected chi connectivity index (χ0v) is 15.2. The quantitative estimate of drug-likeness (QED) is 0.823. The Hall–Kier alpha value is -2.14. The van der Waals surface area contributed by atoms with E-state index >= 15 is 0 Å². The van der Waals surface area contributed by atoms with Gasteiger partial charge in [0.15, 0.2) is 0 Å². The lowest BCUT2D eigenvalue weighted by molar-refractivity contribution is -0.122. The number of benzene rings is 2. The van der Waals surface area contributed by atoms with Crippen molar-refractivity contribution >= 4 is 39.1 Å². The van der Waals surface area contributed by atoms with Crippen LogP contribution in [0.15, 0.2) is 46.9 Å². The highest BCUT2D eigenvalue weighted by Crippen LogP contribution is 2.40. The first kappa shape index (κ1) is 16.7. The molecule has 0 aliphatic heterocycles. The largest absolute Gasteiger partial charge is 0.326 e. The van der Waals surface area contributed by atoms with Gasteiger partial charge in [0.25, 0.3) is 0 Å². The first-order valence-corrected chi connectivity index (χ1v) is 8.68. The molecule has 0 spiro atoms. The Morgan fingerprint density at radius 3 is 2.12 bits per heavy atom. The molecule has 0 heterocycles. The Morgan fingerprint density at radius 2 is 1.54 bits per heavy atom. The van der Waals surface area contributed by atoms with Gasteiger partial charge in [0, 0.05) is 15.8 Å². The van der Waals surface area contributed by atoms with E-state index in [1.165, 1.54) is 5.56 Å². The van der Waals surface area contributed by atoms with Crippen molar-refractivity contribution in [2.45, 2.75) is 20.3 Å². The predicted molar refractivity (Wildman–Crippen MR) is 98.9 cm³/mol. The SMILES string of the molecule is Cc1ccc(NC(=O)C2CC2C(=O)Nc2cccc(Br)c2)cc1C. The van der Waals surface area contributed by atoms with Crippen LogP contribution < -0.4 is 10.6 Å². The van der Waals surface area contributed by atoms with Gasteiger partial charge in [-0.2, -0.15) is 0 Å². The minimum atomic E-state index is -0.254. The molecule has 1 aliphatic rings. The number of nitrogens with one attached hydrogen (secondary N) is 2. The third-order valence-corrected chi connectivity index (χ3v) is 4.82. The number of amides is 2. The molecule has 0 aromatic heterocycles. The topological polar surface area (TPSA) is 58.2 Å². The number of halogens is 1. The van der Waals surface area contributed by atoms with E-state index in [1.54, 1.807) is 0 Å². The minimum Gasteiger partial charge on any atom is -0.326 e. The van der Waals surface area contributed by atoms with Crippen molar-refractivity contribution in [3.05, 3.63) is 58.1 Å². The first-order valence-electron chi connectivity index (χ1n) is 7.88. The maximum Gasteiger partial charge on any atom is 0.228 e. The van der Waals surface area contributed by atoms with Crippen LogP contribution in [0, 0.1) is 25.7 Å². The average molecular weight is 387 g/mol. The molecule has 4 nitrogen and oxygen atoms in total. The summed E-state index contributed by atoms with van der Waals surface area (Å²) >= 11 is 3.37. The van der Waals surface area contributed by atoms with Gasteiger partial charge in [-0.05, 0) is 61.7 Å².